The summed E-state index contributed by atoms with van der Waals surface area (Å²) in [5.74, 6) is -0.768. The molecule has 0 aromatic carbocycles. The molecule has 0 amide bonds. The predicted molar refractivity (Wildman–Crippen MR) is 54.0 cm³/mol. The maximum atomic E-state index is 10.4. The Morgan fingerprint density at radius 3 is 2.29 bits per heavy atom. The molecule has 1 unspecified atom stereocenters. The van der Waals surface area contributed by atoms with E-state index >= 15 is 0 Å². The zero-order valence-electron chi connectivity index (χ0n) is 9.06. The molecule has 0 aliphatic carbocycles. The SMILES string of the molecule is CCC(CC(=O)O)n1ccnc1.F[B-](F)(F)F. The molecule has 9 heteroatoms. The number of halogens is 4. The Labute approximate surface area is 95.4 Å². The van der Waals surface area contributed by atoms with Crippen molar-refractivity contribution in [2.75, 3.05) is 0 Å². The van der Waals surface area contributed by atoms with Crippen LogP contribution in [0.25, 0.3) is 0 Å². The minimum absolute atomic E-state index is 0.0324. The van der Waals surface area contributed by atoms with E-state index in [9.17, 15) is 22.1 Å². The highest BCUT2D eigenvalue weighted by molar-refractivity contribution is 6.50. The molecular formula is C8H12BF4N2O2-. The molecule has 0 fully saturated rings. The highest BCUT2D eigenvalue weighted by Crippen LogP contribution is 2.14. The van der Waals surface area contributed by atoms with E-state index in [4.69, 9.17) is 5.11 Å². The molecule has 1 atom stereocenters. The number of carbonyl (C=O) groups is 1. The second kappa shape index (κ2) is 6.92. The second-order valence-corrected chi connectivity index (χ2v) is 3.16. The molecule has 1 aromatic heterocycles. The third kappa shape index (κ3) is 9.40. The van der Waals surface area contributed by atoms with Crippen LogP contribution in [0.2, 0.25) is 0 Å². The van der Waals surface area contributed by atoms with Crippen molar-refractivity contribution in [2.24, 2.45) is 0 Å². The minimum Gasteiger partial charge on any atom is -0.481 e. The van der Waals surface area contributed by atoms with Crippen LogP contribution in [-0.4, -0.2) is 27.9 Å². The number of hydrogen-bond acceptors (Lipinski definition) is 2. The van der Waals surface area contributed by atoms with E-state index < -0.39 is 13.2 Å². The largest absolute Gasteiger partial charge is 0.673 e. The van der Waals surface area contributed by atoms with Crippen LogP contribution in [-0.2, 0) is 4.79 Å². The number of imidazole rings is 1. The summed E-state index contributed by atoms with van der Waals surface area (Å²) in [6.45, 7) is 1.97. The van der Waals surface area contributed by atoms with Crippen molar-refractivity contribution in [1.82, 2.24) is 9.55 Å². The predicted octanol–water partition coefficient (Wildman–Crippen LogP) is 2.61. The Morgan fingerprint density at radius 1 is 1.47 bits per heavy atom. The third-order valence-corrected chi connectivity index (χ3v) is 1.83. The van der Waals surface area contributed by atoms with Gasteiger partial charge < -0.3 is 26.9 Å². The number of rotatable bonds is 4. The molecule has 1 rings (SSSR count). The lowest BCUT2D eigenvalue weighted by Gasteiger charge is -2.12. The van der Waals surface area contributed by atoms with Gasteiger partial charge in [-0.3, -0.25) is 4.79 Å². The van der Waals surface area contributed by atoms with Gasteiger partial charge in [0, 0.05) is 18.4 Å². The Morgan fingerprint density at radius 2 is 2.00 bits per heavy atom. The average molecular weight is 255 g/mol. The second-order valence-electron chi connectivity index (χ2n) is 3.16. The van der Waals surface area contributed by atoms with Crippen LogP contribution in [0.4, 0.5) is 17.3 Å². The number of hydrogen-bond donors (Lipinski definition) is 1. The molecule has 0 radical (unpaired) electrons. The summed E-state index contributed by atoms with van der Waals surface area (Å²) in [5.41, 5.74) is 0. The van der Waals surface area contributed by atoms with Gasteiger partial charge in [0.1, 0.15) is 0 Å². The molecule has 17 heavy (non-hydrogen) atoms. The summed E-state index contributed by atoms with van der Waals surface area (Å²) in [7, 11) is -6.00. The van der Waals surface area contributed by atoms with Crippen LogP contribution in [0.15, 0.2) is 18.7 Å². The first kappa shape index (κ1) is 15.5. The number of aliphatic carboxylic acids is 1. The highest BCUT2D eigenvalue weighted by Gasteiger charge is 2.20. The molecular weight excluding hydrogens is 243 g/mol. The lowest BCUT2D eigenvalue weighted by molar-refractivity contribution is -0.137. The highest BCUT2D eigenvalue weighted by atomic mass is 19.5. The van der Waals surface area contributed by atoms with E-state index in [0.29, 0.717) is 0 Å². The number of carboxylic acid groups (broad SMARTS) is 1. The Hall–Kier alpha value is -1.54. The fourth-order valence-electron chi connectivity index (χ4n) is 1.15. The molecule has 1 N–H and O–H groups in total. The standard InChI is InChI=1S/C8H12N2O2.BF4/c1-2-7(5-8(11)12)10-4-3-9-6-10;2-1(3,4)5/h3-4,6-7H,2,5H2,1H3,(H,11,12);/q;-1. The minimum atomic E-state index is -6.00. The molecule has 0 spiro atoms. The maximum absolute atomic E-state index is 10.4. The fraction of sp³-hybridized carbons (Fsp3) is 0.500. The van der Waals surface area contributed by atoms with E-state index in [2.05, 4.69) is 4.98 Å². The average Bonchev–Trinajstić information content (AvgIpc) is 2.63. The van der Waals surface area contributed by atoms with Gasteiger partial charge in [-0.15, -0.1) is 0 Å². The lowest BCUT2D eigenvalue weighted by atomic mass is 10.1. The van der Waals surface area contributed by atoms with Gasteiger partial charge in [-0.25, -0.2) is 4.98 Å². The van der Waals surface area contributed by atoms with E-state index in [-0.39, 0.29) is 12.5 Å². The summed E-state index contributed by atoms with van der Waals surface area (Å²) in [6, 6.07) is 0.0324. The van der Waals surface area contributed by atoms with E-state index in [1.54, 1.807) is 18.7 Å². The van der Waals surface area contributed by atoms with Gasteiger partial charge in [0.25, 0.3) is 0 Å². The summed E-state index contributed by atoms with van der Waals surface area (Å²) >= 11 is 0. The summed E-state index contributed by atoms with van der Waals surface area (Å²) in [5, 5.41) is 8.58. The molecule has 0 saturated carbocycles. The van der Waals surface area contributed by atoms with E-state index in [1.807, 2.05) is 11.5 Å². The Balaban J connectivity index is 0.000000437. The molecule has 1 heterocycles. The summed E-state index contributed by atoms with van der Waals surface area (Å²) < 4.78 is 40.8. The quantitative estimate of drug-likeness (QED) is 0.664. The van der Waals surface area contributed by atoms with E-state index in [0.717, 1.165) is 6.42 Å². The molecule has 4 nitrogen and oxygen atoms in total. The van der Waals surface area contributed by atoms with Gasteiger partial charge in [0.15, 0.2) is 0 Å². The zero-order chi connectivity index (χ0) is 13.5. The van der Waals surface area contributed by atoms with Crippen LogP contribution in [0.1, 0.15) is 25.8 Å². The van der Waals surface area contributed by atoms with Crippen molar-refractivity contribution in [3.63, 3.8) is 0 Å². The first-order valence-electron chi connectivity index (χ1n) is 4.80. The number of aromatic nitrogens is 2. The van der Waals surface area contributed by atoms with Gasteiger partial charge in [0.2, 0.25) is 0 Å². The van der Waals surface area contributed by atoms with Crippen molar-refractivity contribution in [3.05, 3.63) is 18.7 Å². The molecule has 98 valence electrons. The monoisotopic (exact) mass is 255 g/mol. The first-order chi connectivity index (χ1) is 7.74. The molecule has 1 aromatic rings. The zero-order valence-corrected chi connectivity index (χ0v) is 9.06. The lowest BCUT2D eigenvalue weighted by Crippen LogP contribution is -2.11. The topological polar surface area (TPSA) is 55.1 Å². The van der Waals surface area contributed by atoms with Crippen molar-refractivity contribution in [3.8, 4) is 0 Å². The molecule has 0 aliphatic heterocycles. The van der Waals surface area contributed by atoms with Gasteiger partial charge in [-0.05, 0) is 6.42 Å². The van der Waals surface area contributed by atoms with Crippen LogP contribution in [0.5, 0.6) is 0 Å². The first-order valence-corrected chi connectivity index (χ1v) is 4.80. The molecule has 0 aliphatic rings. The molecule has 0 saturated heterocycles. The van der Waals surface area contributed by atoms with Crippen molar-refractivity contribution >= 4 is 13.2 Å². The summed E-state index contributed by atoms with van der Waals surface area (Å²) in [6.07, 6.45) is 6.06. The van der Waals surface area contributed by atoms with Crippen molar-refractivity contribution in [2.45, 2.75) is 25.8 Å². The van der Waals surface area contributed by atoms with Crippen molar-refractivity contribution < 1.29 is 27.2 Å². The molecule has 0 bridgehead atoms. The summed E-state index contributed by atoms with van der Waals surface area (Å²) in [4.78, 5) is 14.3. The van der Waals surface area contributed by atoms with Crippen LogP contribution < -0.4 is 0 Å². The van der Waals surface area contributed by atoms with Crippen LogP contribution >= 0.6 is 0 Å². The van der Waals surface area contributed by atoms with Gasteiger partial charge >= 0.3 is 13.2 Å². The maximum Gasteiger partial charge on any atom is 0.673 e. The fourth-order valence-corrected chi connectivity index (χ4v) is 1.15. The number of nitrogens with zero attached hydrogens (tertiary/aromatic N) is 2. The van der Waals surface area contributed by atoms with Crippen LogP contribution in [0.3, 0.4) is 0 Å². The van der Waals surface area contributed by atoms with Gasteiger partial charge in [-0.1, -0.05) is 6.92 Å². The van der Waals surface area contributed by atoms with E-state index in [1.165, 1.54) is 0 Å². The van der Waals surface area contributed by atoms with Crippen LogP contribution in [0, 0.1) is 0 Å². The smallest absolute Gasteiger partial charge is 0.481 e. The Kier molecular flexibility index (Phi) is 6.30. The number of carboxylic acids is 1. The van der Waals surface area contributed by atoms with Gasteiger partial charge in [-0.2, -0.15) is 0 Å². The third-order valence-electron chi connectivity index (χ3n) is 1.83. The normalized spacial score (nSPS) is 12.5. The van der Waals surface area contributed by atoms with Gasteiger partial charge in [0.05, 0.1) is 12.7 Å². The Bertz CT molecular complexity index is 323. The van der Waals surface area contributed by atoms with Crippen molar-refractivity contribution in [1.29, 1.82) is 0 Å².